The molecule has 3 nitrogen and oxygen atoms in total. The summed E-state index contributed by atoms with van der Waals surface area (Å²) in [6.07, 6.45) is 10.5. The molecule has 0 fully saturated rings. The van der Waals surface area contributed by atoms with Gasteiger partial charge in [0.15, 0.2) is 0 Å². The first kappa shape index (κ1) is 15.8. The Bertz CT molecular complexity index is 574. The molecule has 1 rings (SSSR count). The van der Waals surface area contributed by atoms with Crippen LogP contribution in [0.25, 0.3) is 0 Å². The van der Waals surface area contributed by atoms with Gasteiger partial charge in [-0.15, -0.1) is 24.7 Å². The molecule has 0 aliphatic rings. The number of terminal acetylenes is 2. The average Bonchev–Trinajstić information content (AvgIpc) is 2.40. The van der Waals surface area contributed by atoms with E-state index >= 15 is 0 Å². The van der Waals surface area contributed by atoms with Crippen molar-refractivity contribution in [2.24, 2.45) is 5.41 Å². The Morgan fingerprint density at radius 2 is 1.70 bits per heavy atom. The molecule has 0 aliphatic carbocycles. The van der Waals surface area contributed by atoms with Gasteiger partial charge >= 0.3 is 0 Å². The van der Waals surface area contributed by atoms with Crippen LogP contribution >= 0.6 is 11.6 Å². The summed E-state index contributed by atoms with van der Waals surface area (Å²) in [5.74, 6) is 3.86. The molecule has 0 heterocycles. The second kappa shape index (κ2) is 6.80. The van der Waals surface area contributed by atoms with Crippen LogP contribution in [0.4, 0.5) is 5.69 Å². The fourth-order valence-corrected chi connectivity index (χ4v) is 1.89. The van der Waals surface area contributed by atoms with E-state index in [0.717, 1.165) is 0 Å². The molecule has 0 saturated carbocycles. The number of hydrogen-bond donors (Lipinski definition) is 1. The standard InChI is InChI=1S/C16H14ClNO2/c1-4-10-16(11-5-2,12(3)19)15(20)18-14-8-6-13(17)7-9-14/h1-2,6-9H,10-11H2,3H3,(H,18,20). The summed E-state index contributed by atoms with van der Waals surface area (Å²) >= 11 is 5.77. The van der Waals surface area contributed by atoms with Crippen LogP contribution in [0.15, 0.2) is 24.3 Å². The van der Waals surface area contributed by atoms with Crippen molar-refractivity contribution in [2.75, 3.05) is 5.32 Å². The van der Waals surface area contributed by atoms with Crippen molar-refractivity contribution in [3.8, 4) is 24.7 Å². The van der Waals surface area contributed by atoms with Gasteiger partial charge in [-0.25, -0.2) is 0 Å². The Kier molecular flexibility index (Phi) is 5.38. The molecule has 0 radical (unpaired) electrons. The molecule has 20 heavy (non-hydrogen) atoms. The molecule has 0 bridgehead atoms. The lowest BCUT2D eigenvalue weighted by Crippen LogP contribution is -2.41. The third kappa shape index (κ3) is 3.41. The summed E-state index contributed by atoms with van der Waals surface area (Å²) in [6, 6.07) is 6.54. The number of nitrogens with one attached hydrogen (secondary N) is 1. The highest BCUT2D eigenvalue weighted by Crippen LogP contribution is 2.29. The maximum absolute atomic E-state index is 12.4. The number of Topliss-reactive ketones (excluding diaryl/α,β-unsaturated/α-hetero) is 1. The highest BCUT2D eigenvalue weighted by atomic mass is 35.5. The zero-order valence-electron chi connectivity index (χ0n) is 11.1. The van der Waals surface area contributed by atoms with Crippen LogP contribution in [0.3, 0.4) is 0 Å². The Balaban J connectivity index is 3.05. The average molecular weight is 288 g/mol. The number of rotatable bonds is 5. The second-order valence-electron chi connectivity index (χ2n) is 4.36. The molecule has 0 saturated heterocycles. The van der Waals surface area contributed by atoms with E-state index in [1.807, 2.05) is 0 Å². The van der Waals surface area contributed by atoms with Crippen molar-refractivity contribution < 1.29 is 9.59 Å². The second-order valence-corrected chi connectivity index (χ2v) is 4.80. The van der Waals surface area contributed by atoms with Gasteiger partial charge in [-0.1, -0.05) is 11.6 Å². The number of amides is 1. The van der Waals surface area contributed by atoms with Crippen LogP contribution in [-0.2, 0) is 9.59 Å². The zero-order valence-corrected chi connectivity index (χ0v) is 11.8. The molecule has 1 amide bonds. The fourth-order valence-electron chi connectivity index (χ4n) is 1.76. The largest absolute Gasteiger partial charge is 0.325 e. The zero-order chi connectivity index (χ0) is 15.2. The first-order valence-electron chi connectivity index (χ1n) is 5.91. The summed E-state index contributed by atoms with van der Waals surface area (Å²) in [5, 5.41) is 3.20. The van der Waals surface area contributed by atoms with Gasteiger partial charge in [0, 0.05) is 23.6 Å². The predicted octanol–water partition coefficient (Wildman–Crippen LogP) is 2.90. The van der Waals surface area contributed by atoms with E-state index in [0.29, 0.717) is 10.7 Å². The minimum Gasteiger partial charge on any atom is -0.325 e. The molecule has 0 spiro atoms. The highest BCUT2D eigenvalue weighted by Gasteiger charge is 2.42. The third-order valence-corrected chi connectivity index (χ3v) is 3.27. The van der Waals surface area contributed by atoms with Crippen molar-refractivity contribution in [1.82, 2.24) is 0 Å². The van der Waals surface area contributed by atoms with Crippen LogP contribution < -0.4 is 5.32 Å². The van der Waals surface area contributed by atoms with Gasteiger partial charge in [0.05, 0.1) is 0 Å². The third-order valence-electron chi connectivity index (χ3n) is 3.02. The van der Waals surface area contributed by atoms with Crippen molar-refractivity contribution in [2.45, 2.75) is 19.8 Å². The number of hydrogen-bond acceptors (Lipinski definition) is 2. The summed E-state index contributed by atoms with van der Waals surface area (Å²) < 4.78 is 0. The highest BCUT2D eigenvalue weighted by molar-refractivity contribution is 6.30. The Labute approximate surface area is 123 Å². The maximum atomic E-state index is 12.4. The number of anilines is 1. The monoisotopic (exact) mass is 287 g/mol. The fraction of sp³-hybridized carbons (Fsp3) is 0.250. The predicted molar refractivity (Wildman–Crippen MR) is 80.1 cm³/mol. The van der Waals surface area contributed by atoms with Gasteiger partial charge in [-0.05, 0) is 31.2 Å². The molecule has 4 heteroatoms. The molecular weight excluding hydrogens is 274 g/mol. The van der Waals surface area contributed by atoms with Crippen LogP contribution in [0.1, 0.15) is 19.8 Å². The molecule has 0 atom stereocenters. The normalized spacial score (nSPS) is 10.2. The number of ketones is 1. The summed E-state index contributed by atoms with van der Waals surface area (Å²) in [5.41, 5.74) is -0.859. The van der Waals surface area contributed by atoms with E-state index in [9.17, 15) is 9.59 Å². The number of carbonyl (C=O) groups excluding carboxylic acids is 2. The Hall–Kier alpha value is -2.23. The van der Waals surface area contributed by atoms with Crippen molar-refractivity contribution in [3.63, 3.8) is 0 Å². The summed E-state index contributed by atoms with van der Waals surface area (Å²) in [7, 11) is 0. The van der Waals surface area contributed by atoms with Crippen molar-refractivity contribution in [1.29, 1.82) is 0 Å². The Morgan fingerprint density at radius 3 is 2.10 bits per heavy atom. The van der Waals surface area contributed by atoms with E-state index in [1.54, 1.807) is 24.3 Å². The molecule has 102 valence electrons. The number of benzene rings is 1. The van der Waals surface area contributed by atoms with Crippen LogP contribution in [-0.4, -0.2) is 11.7 Å². The van der Waals surface area contributed by atoms with Crippen molar-refractivity contribution in [3.05, 3.63) is 29.3 Å². The molecule has 1 aromatic carbocycles. The first-order chi connectivity index (χ1) is 9.46. The lowest BCUT2D eigenvalue weighted by Gasteiger charge is -2.26. The molecular formula is C16H14ClNO2. The van der Waals surface area contributed by atoms with Crippen LogP contribution in [0.5, 0.6) is 0 Å². The first-order valence-corrected chi connectivity index (χ1v) is 6.29. The molecule has 0 aromatic heterocycles. The van der Waals surface area contributed by atoms with Gasteiger partial charge in [0.25, 0.3) is 0 Å². The minimum absolute atomic E-state index is 0.0358. The molecule has 0 unspecified atom stereocenters. The van der Waals surface area contributed by atoms with E-state index in [4.69, 9.17) is 24.4 Å². The van der Waals surface area contributed by atoms with Crippen LogP contribution in [0, 0.1) is 30.1 Å². The summed E-state index contributed by atoms with van der Waals surface area (Å²) in [6.45, 7) is 1.32. The van der Waals surface area contributed by atoms with E-state index in [2.05, 4.69) is 17.2 Å². The van der Waals surface area contributed by atoms with Gasteiger partial charge in [-0.2, -0.15) is 0 Å². The lowest BCUT2D eigenvalue weighted by atomic mass is 9.77. The van der Waals surface area contributed by atoms with Gasteiger partial charge in [-0.3, -0.25) is 9.59 Å². The quantitative estimate of drug-likeness (QED) is 0.668. The van der Waals surface area contributed by atoms with Gasteiger partial charge in [0.2, 0.25) is 5.91 Å². The van der Waals surface area contributed by atoms with E-state index in [1.165, 1.54) is 6.92 Å². The van der Waals surface area contributed by atoms with Gasteiger partial charge < -0.3 is 5.32 Å². The minimum atomic E-state index is -1.39. The van der Waals surface area contributed by atoms with Gasteiger partial charge in [0.1, 0.15) is 11.2 Å². The van der Waals surface area contributed by atoms with E-state index in [-0.39, 0.29) is 18.6 Å². The van der Waals surface area contributed by atoms with Crippen molar-refractivity contribution >= 4 is 29.0 Å². The Morgan fingerprint density at radius 1 is 1.20 bits per heavy atom. The number of carbonyl (C=O) groups is 2. The SMILES string of the molecule is C#CCC(CC#C)(C(C)=O)C(=O)Nc1ccc(Cl)cc1. The van der Waals surface area contributed by atoms with E-state index < -0.39 is 11.3 Å². The smallest absolute Gasteiger partial charge is 0.240 e. The topological polar surface area (TPSA) is 46.2 Å². The molecule has 0 aliphatic heterocycles. The summed E-state index contributed by atoms with van der Waals surface area (Å²) in [4.78, 5) is 24.2. The van der Waals surface area contributed by atoms with Crippen LogP contribution in [0.2, 0.25) is 5.02 Å². The maximum Gasteiger partial charge on any atom is 0.240 e. The molecule has 1 aromatic rings. The molecule has 1 N–H and O–H groups in total. The lowest BCUT2D eigenvalue weighted by molar-refractivity contribution is -0.137. The number of halogens is 1.